The van der Waals surface area contributed by atoms with Crippen molar-refractivity contribution in [2.24, 2.45) is 0 Å². The van der Waals surface area contributed by atoms with Crippen LogP contribution in [0.1, 0.15) is 41.0 Å². The van der Waals surface area contributed by atoms with E-state index < -0.39 is 0 Å². The molecule has 0 aromatic carbocycles. The van der Waals surface area contributed by atoms with Gasteiger partial charge in [-0.15, -0.1) is 0 Å². The van der Waals surface area contributed by atoms with Crippen LogP contribution in [0.5, 0.6) is 0 Å². The lowest BCUT2D eigenvalue weighted by atomic mass is 10.3. The summed E-state index contributed by atoms with van der Waals surface area (Å²) in [4.78, 5) is 18.3. The second-order valence-electron chi connectivity index (χ2n) is 5.30. The number of H-pyrrole nitrogens is 1. The number of aryl methyl sites for hydroxylation is 1. The maximum absolute atomic E-state index is 12.5. The number of carbonyl (C=O) groups excluding carboxylic acids is 1. The Morgan fingerprint density at radius 1 is 1.60 bits per heavy atom. The monoisotopic (exact) mass is 274 g/mol. The van der Waals surface area contributed by atoms with Crippen LogP contribution in [0.25, 0.3) is 0 Å². The number of anilines is 1. The van der Waals surface area contributed by atoms with Crippen molar-refractivity contribution in [1.82, 2.24) is 24.6 Å². The Balaban J connectivity index is 1.77. The Bertz CT molecular complexity index is 639. The fourth-order valence-electron chi connectivity index (χ4n) is 2.27. The Labute approximate surface area is 116 Å². The van der Waals surface area contributed by atoms with E-state index in [0.29, 0.717) is 29.8 Å². The van der Waals surface area contributed by atoms with Crippen LogP contribution in [0.3, 0.4) is 0 Å². The summed E-state index contributed by atoms with van der Waals surface area (Å²) in [5.74, 6) is 1.29. The standard InChI is InChI=1S/C13H18N6O/c1-8-15-12(17-16-8)7-18(2)13(20)11-5-9(14)6-19(11)10-3-4-10/h5-6,10H,3-4,7,14H2,1-2H3,(H,15,16,17). The zero-order valence-corrected chi connectivity index (χ0v) is 11.6. The molecule has 0 bridgehead atoms. The lowest BCUT2D eigenvalue weighted by molar-refractivity contribution is 0.0770. The summed E-state index contributed by atoms with van der Waals surface area (Å²) in [5.41, 5.74) is 7.08. The highest BCUT2D eigenvalue weighted by Crippen LogP contribution is 2.37. The molecule has 1 saturated carbocycles. The zero-order valence-electron chi connectivity index (χ0n) is 11.6. The molecule has 3 rings (SSSR count). The van der Waals surface area contributed by atoms with Gasteiger partial charge in [0.05, 0.1) is 12.2 Å². The molecule has 7 heteroatoms. The number of nitrogens with two attached hydrogens (primary N) is 1. The first-order chi connectivity index (χ1) is 9.54. The fraction of sp³-hybridized carbons (Fsp3) is 0.462. The number of aromatic nitrogens is 4. The molecule has 2 aromatic heterocycles. The molecule has 1 aliphatic rings. The van der Waals surface area contributed by atoms with Crippen molar-refractivity contribution in [2.45, 2.75) is 32.4 Å². The second kappa shape index (κ2) is 4.66. The SMILES string of the molecule is Cc1nc(CN(C)C(=O)c2cc(N)cn2C2CC2)n[nH]1. The van der Waals surface area contributed by atoms with Gasteiger partial charge < -0.3 is 15.2 Å². The van der Waals surface area contributed by atoms with Gasteiger partial charge in [-0.1, -0.05) is 0 Å². The first-order valence-electron chi connectivity index (χ1n) is 6.65. The third-order valence-corrected chi connectivity index (χ3v) is 3.40. The maximum atomic E-state index is 12.5. The lowest BCUT2D eigenvalue weighted by Gasteiger charge is -2.16. The Morgan fingerprint density at radius 2 is 2.35 bits per heavy atom. The van der Waals surface area contributed by atoms with Gasteiger partial charge in [-0.05, 0) is 25.8 Å². The molecule has 1 aliphatic carbocycles. The van der Waals surface area contributed by atoms with Crippen molar-refractivity contribution in [3.05, 3.63) is 29.6 Å². The number of hydrogen-bond acceptors (Lipinski definition) is 4. The molecule has 3 N–H and O–H groups in total. The number of nitrogens with zero attached hydrogens (tertiary/aromatic N) is 4. The van der Waals surface area contributed by atoms with E-state index in [1.54, 1.807) is 18.0 Å². The molecule has 0 aliphatic heterocycles. The normalized spacial score (nSPS) is 14.5. The topological polar surface area (TPSA) is 92.8 Å². The number of hydrogen-bond donors (Lipinski definition) is 2. The van der Waals surface area contributed by atoms with Crippen molar-refractivity contribution in [3.63, 3.8) is 0 Å². The van der Waals surface area contributed by atoms with Crippen molar-refractivity contribution < 1.29 is 4.79 Å². The Kier molecular flexibility index (Phi) is 2.96. The van der Waals surface area contributed by atoms with Gasteiger partial charge in [0.15, 0.2) is 5.82 Å². The summed E-state index contributed by atoms with van der Waals surface area (Å²) in [7, 11) is 1.74. The zero-order chi connectivity index (χ0) is 14.3. The van der Waals surface area contributed by atoms with E-state index in [4.69, 9.17) is 5.73 Å². The molecule has 0 saturated heterocycles. The molecule has 20 heavy (non-hydrogen) atoms. The Hall–Kier alpha value is -2.31. The minimum absolute atomic E-state index is 0.0592. The number of nitrogen functional groups attached to an aromatic ring is 1. The van der Waals surface area contributed by atoms with Gasteiger partial charge in [0.1, 0.15) is 11.5 Å². The maximum Gasteiger partial charge on any atom is 0.270 e. The van der Waals surface area contributed by atoms with Crippen LogP contribution in [0.15, 0.2) is 12.3 Å². The minimum atomic E-state index is -0.0592. The quantitative estimate of drug-likeness (QED) is 0.873. The molecule has 0 unspecified atom stereocenters. The Morgan fingerprint density at radius 3 is 2.95 bits per heavy atom. The van der Waals surface area contributed by atoms with Gasteiger partial charge in [-0.2, -0.15) is 5.10 Å². The minimum Gasteiger partial charge on any atom is -0.397 e. The smallest absolute Gasteiger partial charge is 0.270 e. The highest BCUT2D eigenvalue weighted by Gasteiger charge is 2.29. The van der Waals surface area contributed by atoms with Crippen LogP contribution >= 0.6 is 0 Å². The van der Waals surface area contributed by atoms with Gasteiger partial charge in [0.25, 0.3) is 5.91 Å². The summed E-state index contributed by atoms with van der Waals surface area (Å²) in [5, 5.41) is 6.82. The molecule has 0 spiro atoms. The van der Waals surface area contributed by atoms with Crippen molar-refractivity contribution >= 4 is 11.6 Å². The molecule has 2 heterocycles. The molecule has 106 valence electrons. The summed E-state index contributed by atoms with van der Waals surface area (Å²) in [6.07, 6.45) is 4.06. The average molecular weight is 274 g/mol. The lowest BCUT2D eigenvalue weighted by Crippen LogP contribution is -2.28. The van der Waals surface area contributed by atoms with Gasteiger partial charge in [0, 0.05) is 19.3 Å². The van der Waals surface area contributed by atoms with Gasteiger partial charge in [-0.3, -0.25) is 9.89 Å². The second-order valence-corrected chi connectivity index (χ2v) is 5.30. The molecule has 1 amide bonds. The van der Waals surface area contributed by atoms with E-state index >= 15 is 0 Å². The van der Waals surface area contributed by atoms with Gasteiger partial charge in [-0.25, -0.2) is 4.98 Å². The van der Waals surface area contributed by atoms with Crippen LogP contribution in [0, 0.1) is 6.92 Å². The third-order valence-electron chi connectivity index (χ3n) is 3.40. The number of amides is 1. The van der Waals surface area contributed by atoms with Gasteiger partial charge >= 0.3 is 0 Å². The summed E-state index contributed by atoms with van der Waals surface area (Å²) in [6, 6.07) is 2.16. The van der Waals surface area contributed by atoms with E-state index in [0.717, 1.165) is 18.7 Å². The van der Waals surface area contributed by atoms with Crippen LogP contribution in [-0.2, 0) is 6.54 Å². The number of carbonyl (C=O) groups is 1. The third kappa shape index (κ3) is 2.38. The van der Waals surface area contributed by atoms with Crippen LogP contribution in [-0.4, -0.2) is 37.6 Å². The highest BCUT2D eigenvalue weighted by molar-refractivity contribution is 5.93. The van der Waals surface area contributed by atoms with E-state index in [1.807, 2.05) is 17.7 Å². The van der Waals surface area contributed by atoms with Gasteiger partial charge in [0.2, 0.25) is 0 Å². The van der Waals surface area contributed by atoms with Crippen LogP contribution < -0.4 is 5.73 Å². The first kappa shape index (κ1) is 12.7. The van der Waals surface area contributed by atoms with Crippen molar-refractivity contribution in [1.29, 1.82) is 0 Å². The molecular weight excluding hydrogens is 256 g/mol. The average Bonchev–Trinajstić information content (AvgIpc) is 3.07. The molecule has 1 fully saturated rings. The summed E-state index contributed by atoms with van der Waals surface area (Å²) >= 11 is 0. The number of aromatic amines is 1. The predicted molar refractivity (Wildman–Crippen MR) is 74.0 cm³/mol. The van der Waals surface area contributed by atoms with Crippen molar-refractivity contribution in [2.75, 3.05) is 12.8 Å². The number of rotatable bonds is 4. The van der Waals surface area contributed by atoms with E-state index in [9.17, 15) is 4.79 Å². The van der Waals surface area contributed by atoms with E-state index in [1.165, 1.54) is 0 Å². The fourth-order valence-corrected chi connectivity index (χ4v) is 2.27. The molecule has 7 nitrogen and oxygen atoms in total. The van der Waals surface area contributed by atoms with Crippen LogP contribution in [0.2, 0.25) is 0 Å². The van der Waals surface area contributed by atoms with Crippen LogP contribution in [0.4, 0.5) is 5.69 Å². The van der Waals surface area contributed by atoms with Crippen molar-refractivity contribution in [3.8, 4) is 0 Å². The van der Waals surface area contributed by atoms with E-state index in [-0.39, 0.29) is 5.91 Å². The molecular formula is C13H18N6O. The summed E-state index contributed by atoms with van der Waals surface area (Å²) in [6.45, 7) is 2.20. The molecule has 0 atom stereocenters. The summed E-state index contributed by atoms with van der Waals surface area (Å²) < 4.78 is 1.98. The van der Waals surface area contributed by atoms with E-state index in [2.05, 4.69) is 15.2 Å². The molecule has 0 radical (unpaired) electrons. The highest BCUT2D eigenvalue weighted by atomic mass is 16.2. The predicted octanol–water partition coefficient (Wildman–Crippen LogP) is 1.10. The molecule has 2 aromatic rings. The largest absolute Gasteiger partial charge is 0.397 e. The first-order valence-corrected chi connectivity index (χ1v) is 6.65. The number of nitrogens with one attached hydrogen (secondary N) is 1.